The van der Waals surface area contributed by atoms with Crippen molar-refractivity contribution < 1.29 is 0 Å². The molecule has 0 atom stereocenters. The molecule has 47 valence electrons. The Morgan fingerprint density at radius 2 is 2.44 bits per heavy atom. The average molecular weight is 142 g/mol. The van der Waals surface area contributed by atoms with Gasteiger partial charge in [0, 0.05) is 0 Å². The predicted molar refractivity (Wildman–Crippen MR) is 36.1 cm³/mol. The minimum absolute atomic E-state index is 0.436. The van der Waals surface area contributed by atoms with Crippen molar-refractivity contribution in [1.29, 1.82) is 0 Å². The minimum Gasteiger partial charge on any atom is -0.157 e. The molecule has 1 heterocycles. The maximum Gasteiger partial charge on any atom is 0.151 e. The summed E-state index contributed by atoms with van der Waals surface area (Å²) in [5.74, 6) is 0. The maximum absolute atomic E-state index is 5.53. The Morgan fingerprint density at radius 3 is 2.89 bits per heavy atom. The Labute approximate surface area is 58.9 Å². The van der Waals surface area contributed by atoms with E-state index in [1.807, 2.05) is 13.3 Å². The fourth-order valence-corrected chi connectivity index (χ4v) is 0.682. The number of hydrogen-bond acceptors (Lipinski definition) is 2. The van der Waals surface area contributed by atoms with E-state index in [2.05, 4.69) is 10.2 Å². The highest BCUT2D eigenvalue weighted by Gasteiger charge is 1.90. The summed E-state index contributed by atoms with van der Waals surface area (Å²) in [6, 6.07) is 1.76. The summed E-state index contributed by atoms with van der Waals surface area (Å²) >= 11 is 5.53. The van der Waals surface area contributed by atoms with Crippen LogP contribution in [0.2, 0.25) is 5.15 Å². The van der Waals surface area contributed by atoms with E-state index in [-0.39, 0.29) is 0 Å². The van der Waals surface area contributed by atoms with Crippen LogP contribution in [0.5, 0.6) is 0 Å². The molecule has 0 aliphatic carbocycles. The van der Waals surface area contributed by atoms with Gasteiger partial charge in [0.05, 0.1) is 6.20 Å². The van der Waals surface area contributed by atoms with E-state index in [9.17, 15) is 0 Å². The smallest absolute Gasteiger partial charge is 0.151 e. The zero-order valence-electron chi connectivity index (χ0n) is 5.00. The van der Waals surface area contributed by atoms with Gasteiger partial charge >= 0.3 is 0 Å². The first-order chi connectivity index (χ1) is 4.33. The fourth-order valence-electron chi connectivity index (χ4n) is 0.512. The lowest BCUT2D eigenvalue weighted by Crippen LogP contribution is -1.83. The maximum atomic E-state index is 5.53. The molecule has 2 nitrogen and oxygen atoms in total. The molecule has 9 heavy (non-hydrogen) atoms. The van der Waals surface area contributed by atoms with Gasteiger partial charge in [-0.15, -0.1) is 5.10 Å². The summed E-state index contributed by atoms with van der Waals surface area (Å²) < 4.78 is 0. The van der Waals surface area contributed by atoms with Crippen molar-refractivity contribution in [2.45, 2.75) is 6.92 Å². The summed E-state index contributed by atoms with van der Waals surface area (Å²) in [7, 11) is 0. The second kappa shape index (κ2) is 2.78. The third kappa shape index (κ3) is 1.64. The van der Waals surface area contributed by atoms with Crippen LogP contribution in [-0.2, 0) is 0 Å². The summed E-state index contributed by atoms with van der Waals surface area (Å²) in [6.07, 6.45) is 3.58. The van der Waals surface area contributed by atoms with Gasteiger partial charge in [-0.3, -0.25) is 0 Å². The molecule has 0 bridgehead atoms. The number of hydrogen-bond donors (Lipinski definition) is 0. The highest BCUT2D eigenvalue weighted by Crippen LogP contribution is 2.05. The van der Waals surface area contributed by atoms with Gasteiger partial charge in [-0.1, -0.05) is 18.5 Å². The Hall–Kier alpha value is -0.630. The molecule has 0 saturated carbocycles. The molecule has 3 heteroatoms. The molecule has 1 aromatic rings. The number of rotatable bonds is 1. The highest BCUT2D eigenvalue weighted by atomic mass is 35.5. The monoisotopic (exact) mass is 141 g/mol. The molecule has 1 aromatic heterocycles. The van der Waals surface area contributed by atoms with Crippen LogP contribution < -0.4 is 0 Å². The molecule has 0 unspecified atom stereocenters. The van der Waals surface area contributed by atoms with E-state index in [0.717, 1.165) is 5.56 Å². The second-order valence-electron chi connectivity index (χ2n) is 1.60. The van der Waals surface area contributed by atoms with Crippen LogP contribution in [0.1, 0.15) is 12.5 Å². The van der Waals surface area contributed by atoms with Gasteiger partial charge in [-0.25, -0.2) is 0 Å². The lowest BCUT2D eigenvalue weighted by atomic mass is 10.2. The molecule has 0 aliphatic rings. The quantitative estimate of drug-likeness (QED) is 0.595. The van der Waals surface area contributed by atoms with Crippen LogP contribution in [0, 0.1) is 6.42 Å². The van der Waals surface area contributed by atoms with Crippen molar-refractivity contribution >= 4 is 11.6 Å². The van der Waals surface area contributed by atoms with Crippen molar-refractivity contribution in [3.8, 4) is 0 Å². The molecule has 0 aliphatic heterocycles. The molecule has 0 amide bonds. The minimum atomic E-state index is 0.436. The van der Waals surface area contributed by atoms with E-state index in [1.165, 1.54) is 0 Å². The van der Waals surface area contributed by atoms with Crippen molar-refractivity contribution in [3.05, 3.63) is 29.4 Å². The van der Waals surface area contributed by atoms with E-state index < -0.39 is 0 Å². The average Bonchev–Trinajstić information content (AvgIpc) is 1.88. The Bertz CT molecular complexity index is 200. The summed E-state index contributed by atoms with van der Waals surface area (Å²) in [6.45, 7) is 1.92. The topological polar surface area (TPSA) is 25.8 Å². The van der Waals surface area contributed by atoms with Gasteiger partial charge in [-0.2, -0.15) is 5.10 Å². The number of aromatic nitrogens is 2. The van der Waals surface area contributed by atoms with Crippen molar-refractivity contribution in [1.82, 2.24) is 10.2 Å². The second-order valence-corrected chi connectivity index (χ2v) is 1.99. The van der Waals surface area contributed by atoms with Gasteiger partial charge in [0.2, 0.25) is 0 Å². The molecule has 0 spiro atoms. The molecule has 0 aromatic carbocycles. The highest BCUT2D eigenvalue weighted by molar-refractivity contribution is 6.29. The van der Waals surface area contributed by atoms with Crippen molar-refractivity contribution in [2.75, 3.05) is 0 Å². The van der Waals surface area contributed by atoms with E-state index >= 15 is 0 Å². The zero-order chi connectivity index (χ0) is 6.69. The van der Waals surface area contributed by atoms with Crippen molar-refractivity contribution in [2.24, 2.45) is 0 Å². The summed E-state index contributed by atoms with van der Waals surface area (Å²) in [5.41, 5.74) is 0.995. The Kier molecular flexibility index (Phi) is 2.01. The lowest BCUT2D eigenvalue weighted by molar-refractivity contribution is 1.02. The van der Waals surface area contributed by atoms with Gasteiger partial charge in [0.25, 0.3) is 0 Å². The first kappa shape index (κ1) is 6.49. The summed E-state index contributed by atoms with van der Waals surface area (Å²) in [4.78, 5) is 0. The van der Waals surface area contributed by atoms with E-state index in [1.54, 1.807) is 12.3 Å². The fraction of sp³-hybridized carbons (Fsp3) is 0.167. The third-order valence-electron chi connectivity index (χ3n) is 0.979. The standard InChI is InChI=1S/C6H6ClN2/c1-2-5-3-6(7)9-8-4-5/h2-4H,1H3. The number of nitrogens with zero attached hydrogens (tertiary/aromatic N) is 2. The van der Waals surface area contributed by atoms with Crippen LogP contribution >= 0.6 is 11.6 Å². The lowest BCUT2D eigenvalue weighted by Gasteiger charge is -1.91. The van der Waals surface area contributed by atoms with Crippen LogP contribution in [0.25, 0.3) is 0 Å². The van der Waals surface area contributed by atoms with Crippen LogP contribution in [0.4, 0.5) is 0 Å². The summed E-state index contributed by atoms with van der Waals surface area (Å²) in [5, 5.41) is 7.66. The van der Waals surface area contributed by atoms with Gasteiger partial charge in [-0.05, 0) is 18.1 Å². The molecular formula is C6H6ClN2. The van der Waals surface area contributed by atoms with Crippen molar-refractivity contribution in [3.63, 3.8) is 0 Å². The zero-order valence-corrected chi connectivity index (χ0v) is 5.76. The first-order valence-corrected chi connectivity index (χ1v) is 2.98. The van der Waals surface area contributed by atoms with E-state index in [0.29, 0.717) is 5.15 Å². The molecule has 0 N–H and O–H groups in total. The molecule has 0 fully saturated rings. The normalized spacial score (nSPS) is 9.56. The van der Waals surface area contributed by atoms with Crippen LogP contribution in [0.3, 0.4) is 0 Å². The number of halogens is 1. The van der Waals surface area contributed by atoms with Gasteiger partial charge < -0.3 is 0 Å². The molecule has 1 radical (unpaired) electrons. The van der Waals surface area contributed by atoms with Gasteiger partial charge in [0.15, 0.2) is 5.15 Å². The third-order valence-corrected chi connectivity index (χ3v) is 1.16. The first-order valence-electron chi connectivity index (χ1n) is 2.60. The SMILES string of the molecule is C[CH]c1cnnc(Cl)c1. The molecule has 0 saturated heterocycles. The van der Waals surface area contributed by atoms with Crippen LogP contribution in [0.15, 0.2) is 12.3 Å². The van der Waals surface area contributed by atoms with Gasteiger partial charge in [0.1, 0.15) is 0 Å². The molecule has 1 rings (SSSR count). The molecular weight excluding hydrogens is 136 g/mol. The predicted octanol–water partition coefficient (Wildman–Crippen LogP) is 1.70. The van der Waals surface area contributed by atoms with Crippen LogP contribution in [-0.4, -0.2) is 10.2 Å². The Balaban J connectivity index is 2.94. The Morgan fingerprint density at radius 1 is 1.67 bits per heavy atom. The largest absolute Gasteiger partial charge is 0.157 e. The van der Waals surface area contributed by atoms with E-state index in [4.69, 9.17) is 11.6 Å².